The fourth-order valence-corrected chi connectivity index (χ4v) is 4.54. The molecule has 21 heavy (non-hydrogen) atoms. The Morgan fingerprint density at radius 2 is 1.90 bits per heavy atom. The summed E-state index contributed by atoms with van der Waals surface area (Å²) in [6, 6.07) is -0.783. The van der Waals surface area contributed by atoms with Gasteiger partial charge in [0, 0.05) is 18.8 Å². The third-order valence-electron chi connectivity index (χ3n) is 4.72. The first-order valence-corrected chi connectivity index (χ1v) is 8.79. The Kier molecular flexibility index (Phi) is 5.07. The van der Waals surface area contributed by atoms with Crippen LogP contribution < -0.4 is 0 Å². The number of carbonyl (C=O) groups excluding carboxylic acids is 1. The molecular weight excluding hydrogens is 288 g/mol. The van der Waals surface area contributed by atoms with Crippen LogP contribution in [0.4, 0.5) is 4.79 Å². The molecule has 4 unspecified atom stereocenters. The van der Waals surface area contributed by atoms with Gasteiger partial charge in [-0.3, -0.25) is 4.90 Å². The summed E-state index contributed by atoms with van der Waals surface area (Å²) in [5.74, 6) is 0.947. The monoisotopic (exact) mass is 314 g/mol. The van der Waals surface area contributed by atoms with Crippen LogP contribution in [0.3, 0.4) is 0 Å². The highest BCUT2D eigenvalue weighted by Gasteiger charge is 2.45. The van der Waals surface area contributed by atoms with Gasteiger partial charge in [-0.15, -0.1) is 11.8 Å². The Labute approximate surface area is 131 Å². The maximum atomic E-state index is 12.9. The molecule has 0 aliphatic carbocycles. The van der Waals surface area contributed by atoms with Gasteiger partial charge in [-0.1, -0.05) is 27.7 Å². The van der Waals surface area contributed by atoms with E-state index in [0.29, 0.717) is 17.6 Å². The van der Waals surface area contributed by atoms with Crippen molar-refractivity contribution in [2.75, 3.05) is 18.8 Å². The van der Waals surface area contributed by atoms with E-state index >= 15 is 0 Å². The zero-order chi connectivity index (χ0) is 15.7. The van der Waals surface area contributed by atoms with Crippen molar-refractivity contribution < 1.29 is 14.7 Å². The van der Waals surface area contributed by atoms with Crippen LogP contribution in [-0.4, -0.2) is 57.2 Å². The number of piperidine rings is 1. The zero-order valence-corrected chi connectivity index (χ0v) is 14.1. The predicted molar refractivity (Wildman–Crippen MR) is 84.3 cm³/mol. The van der Waals surface area contributed by atoms with Crippen LogP contribution in [-0.2, 0) is 4.79 Å². The quantitative estimate of drug-likeness (QED) is 0.851. The van der Waals surface area contributed by atoms with Crippen LogP contribution in [0.2, 0.25) is 0 Å². The Morgan fingerprint density at radius 1 is 1.24 bits per heavy atom. The van der Waals surface area contributed by atoms with E-state index in [1.807, 2.05) is 18.7 Å². The lowest BCUT2D eigenvalue weighted by Gasteiger charge is -2.40. The molecule has 0 aromatic heterocycles. The molecule has 5 nitrogen and oxygen atoms in total. The summed E-state index contributed by atoms with van der Waals surface area (Å²) in [6.45, 7) is 9.94. The third-order valence-corrected chi connectivity index (χ3v) is 6.34. The highest BCUT2D eigenvalue weighted by atomic mass is 32.2. The molecule has 4 atom stereocenters. The van der Waals surface area contributed by atoms with Crippen LogP contribution >= 0.6 is 11.8 Å². The van der Waals surface area contributed by atoms with Gasteiger partial charge in [-0.25, -0.2) is 9.59 Å². The molecule has 0 saturated carbocycles. The molecule has 1 N–H and O–H groups in total. The van der Waals surface area contributed by atoms with E-state index in [4.69, 9.17) is 0 Å². The molecule has 2 heterocycles. The topological polar surface area (TPSA) is 60.9 Å². The van der Waals surface area contributed by atoms with Crippen LogP contribution in [0.15, 0.2) is 0 Å². The third kappa shape index (κ3) is 3.30. The first-order chi connectivity index (χ1) is 9.82. The number of rotatable bonds is 2. The lowest BCUT2D eigenvalue weighted by atomic mass is 9.89. The minimum Gasteiger partial charge on any atom is -0.480 e. The van der Waals surface area contributed by atoms with Gasteiger partial charge in [-0.2, -0.15) is 0 Å². The highest BCUT2D eigenvalue weighted by molar-refractivity contribution is 8.00. The summed E-state index contributed by atoms with van der Waals surface area (Å²) >= 11 is 1.59. The number of aliphatic carboxylic acids is 1. The summed E-state index contributed by atoms with van der Waals surface area (Å²) < 4.78 is 0. The summed E-state index contributed by atoms with van der Waals surface area (Å²) in [5.41, 5.74) is 0. The summed E-state index contributed by atoms with van der Waals surface area (Å²) in [7, 11) is 0. The highest BCUT2D eigenvalue weighted by Crippen LogP contribution is 2.35. The summed E-state index contributed by atoms with van der Waals surface area (Å²) in [4.78, 5) is 27.8. The summed E-state index contributed by atoms with van der Waals surface area (Å²) in [6.07, 6.45) is 0.998. The number of amides is 2. The predicted octanol–water partition coefficient (Wildman–Crippen LogP) is 2.57. The Balaban J connectivity index is 2.15. The zero-order valence-electron chi connectivity index (χ0n) is 13.3. The average molecular weight is 314 g/mol. The number of carbonyl (C=O) groups is 2. The van der Waals surface area contributed by atoms with Crippen LogP contribution in [0.25, 0.3) is 0 Å². The minimum absolute atomic E-state index is 0.0340. The Bertz CT molecular complexity index is 416. The number of thioether (sulfide) groups is 1. The molecule has 2 rings (SSSR count). The van der Waals surface area contributed by atoms with Crippen molar-refractivity contribution >= 4 is 23.8 Å². The van der Waals surface area contributed by atoms with Gasteiger partial charge in [-0.05, 0) is 24.2 Å². The van der Waals surface area contributed by atoms with E-state index < -0.39 is 12.0 Å². The molecular formula is C15H26N2O3S. The van der Waals surface area contributed by atoms with E-state index in [0.717, 1.165) is 19.5 Å². The van der Waals surface area contributed by atoms with Crippen molar-refractivity contribution in [1.29, 1.82) is 0 Å². The lowest BCUT2D eigenvalue weighted by Crippen LogP contribution is -2.55. The normalized spacial score (nSPS) is 33.6. The summed E-state index contributed by atoms with van der Waals surface area (Å²) in [5, 5.41) is 9.36. The van der Waals surface area contributed by atoms with E-state index in [1.54, 1.807) is 16.7 Å². The number of carboxylic acid groups (broad SMARTS) is 1. The van der Waals surface area contributed by atoms with E-state index in [9.17, 15) is 14.7 Å². The Morgan fingerprint density at radius 3 is 2.43 bits per heavy atom. The van der Waals surface area contributed by atoms with Crippen molar-refractivity contribution in [3.63, 3.8) is 0 Å². The van der Waals surface area contributed by atoms with Crippen molar-refractivity contribution in [2.24, 2.45) is 17.8 Å². The molecule has 2 amide bonds. The van der Waals surface area contributed by atoms with Gasteiger partial charge < -0.3 is 10.0 Å². The molecule has 2 saturated heterocycles. The van der Waals surface area contributed by atoms with Crippen molar-refractivity contribution in [2.45, 2.75) is 45.5 Å². The van der Waals surface area contributed by atoms with Crippen molar-refractivity contribution in [3.05, 3.63) is 0 Å². The second-order valence-electron chi connectivity index (χ2n) is 6.70. The maximum Gasteiger partial charge on any atom is 0.327 e. The smallest absolute Gasteiger partial charge is 0.327 e. The fourth-order valence-electron chi connectivity index (χ4n) is 3.07. The average Bonchev–Trinajstić information content (AvgIpc) is 2.86. The number of urea groups is 1. The van der Waals surface area contributed by atoms with Crippen molar-refractivity contribution in [3.8, 4) is 0 Å². The van der Waals surface area contributed by atoms with Gasteiger partial charge in [0.1, 0.15) is 6.04 Å². The SMILES string of the molecule is CC(C)C1SCC(C(=O)O)N1C(=O)N1CCC(C)C(C)C1. The lowest BCUT2D eigenvalue weighted by molar-refractivity contribution is -0.141. The molecule has 2 aliphatic heterocycles. The molecule has 120 valence electrons. The molecule has 0 aromatic rings. The number of hydrogen-bond donors (Lipinski definition) is 1. The van der Waals surface area contributed by atoms with Gasteiger partial charge in [0.05, 0.1) is 5.37 Å². The van der Waals surface area contributed by atoms with E-state index in [2.05, 4.69) is 13.8 Å². The second kappa shape index (κ2) is 6.46. The molecule has 0 radical (unpaired) electrons. The van der Waals surface area contributed by atoms with E-state index in [1.165, 1.54) is 0 Å². The second-order valence-corrected chi connectivity index (χ2v) is 7.85. The number of nitrogens with zero attached hydrogens (tertiary/aromatic N) is 2. The van der Waals surface area contributed by atoms with E-state index in [-0.39, 0.29) is 17.3 Å². The van der Waals surface area contributed by atoms with Gasteiger partial charge in [0.15, 0.2) is 0 Å². The first-order valence-electron chi connectivity index (χ1n) is 7.74. The number of likely N-dealkylation sites (tertiary alicyclic amines) is 1. The number of carboxylic acids is 1. The molecule has 2 aliphatic rings. The van der Waals surface area contributed by atoms with Gasteiger partial charge in [0.2, 0.25) is 0 Å². The fraction of sp³-hybridized carbons (Fsp3) is 0.867. The standard InChI is InChI=1S/C15H26N2O3S/c1-9(2)13-17(12(8-21-13)14(18)19)15(20)16-6-5-10(3)11(4)7-16/h9-13H,5-8H2,1-4H3,(H,18,19). The molecule has 2 fully saturated rings. The van der Waals surface area contributed by atoms with Gasteiger partial charge in [0.25, 0.3) is 0 Å². The van der Waals surface area contributed by atoms with Crippen LogP contribution in [0, 0.1) is 17.8 Å². The van der Waals surface area contributed by atoms with Gasteiger partial charge >= 0.3 is 12.0 Å². The molecule has 0 aromatic carbocycles. The van der Waals surface area contributed by atoms with Crippen LogP contribution in [0.1, 0.15) is 34.1 Å². The first kappa shape index (κ1) is 16.5. The maximum absolute atomic E-state index is 12.9. The van der Waals surface area contributed by atoms with Crippen molar-refractivity contribution in [1.82, 2.24) is 9.80 Å². The largest absolute Gasteiger partial charge is 0.480 e. The number of hydrogen-bond acceptors (Lipinski definition) is 3. The molecule has 0 spiro atoms. The van der Waals surface area contributed by atoms with Crippen LogP contribution in [0.5, 0.6) is 0 Å². The Hall–Kier alpha value is -0.910. The minimum atomic E-state index is -0.891. The molecule has 6 heteroatoms. The molecule has 0 bridgehead atoms.